The number of hydrogen-bond donors (Lipinski definition) is 1. The lowest BCUT2D eigenvalue weighted by Gasteiger charge is -2.02. The lowest BCUT2D eigenvalue weighted by molar-refractivity contribution is -0.118. The van der Waals surface area contributed by atoms with Crippen molar-refractivity contribution in [2.75, 3.05) is 0 Å². The maximum Gasteiger partial charge on any atom is 0.137 e. The molecule has 0 aromatic heterocycles. The summed E-state index contributed by atoms with van der Waals surface area (Å²) >= 11 is 0. The van der Waals surface area contributed by atoms with Crippen molar-refractivity contribution in [3.8, 4) is 5.75 Å². The molecule has 0 aliphatic carbocycles. The van der Waals surface area contributed by atoms with Crippen LogP contribution >= 0.6 is 0 Å². The first kappa shape index (κ1) is 10.8. The molecule has 2 heteroatoms. The summed E-state index contributed by atoms with van der Waals surface area (Å²) in [6.07, 6.45) is 2.94. The highest BCUT2D eigenvalue weighted by atomic mass is 16.3. The van der Waals surface area contributed by atoms with Crippen molar-refractivity contribution in [3.63, 3.8) is 0 Å². The molecule has 1 rings (SSSR count). The second kappa shape index (κ2) is 5.43. The zero-order valence-electron chi connectivity index (χ0n) is 8.49. The number of rotatable bonds is 5. The number of carbonyl (C=O) groups excluding carboxylic acids is 1. The van der Waals surface area contributed by atoms with E-state index in [1.165, 1.54) is 0 Å². The average Bonchev–Trinajstić information content (AvgIpc) is 2.18. The first-order valence-electron chi connectivity index (χ1n) is 5.02. The number of unbranched alkanes of at least 4 members (excludes halogenated alkanes) is 1. The minimum atomic E-state index is 0.202. The quantitative estimate of drug-likeness (QED) is 0.778. The molecule has 14 heavy (non-hydrogen) atoms. The Morgan fingerprint density at radius 2 is 2.07 bits per heavy atom. The Kier molecular flexibility index (Phi) is 4.17. The molecule has 0 spiro atoms. The van der Waals surface area contributed by atoms with E-state index in [9.17, 15) is 9.90 Å². The summed E-state index contributed by atoms with van der Waals surface area (Å²) in [6, 6.07) is 7.00. The molecular formula is C12H16O2. The van der Waals surface area contributed by atoms with Gasteiger partial charge in [-0.05, 0) is 12.5 Å². The van der Waals surface area contributed by atoms with Crippen molar-refractivity contribution in [1.29, 1.82) is 0 Å². The summed E-state index contributed by atoms with van der Waals surface area (Å²) in [5, 5.41) is 9.43. The molecule has 1 aromatic rings. The molecule has 0 radical (unpaired) electrons. The van der Waals surface area contributed by atoms with Crippen LogP contribution in [0.5, 0.6) is 5.75 Å². The third-order valence-corrected chi connectivity index (χ3v) is 2.19. The molecule has 1 aromatic carbocycles. The van der Waals surface area contributed by atoms with E-state index in [2.05, 4.69) is 6.92 Å². The lowest BCUT2D eigenvalue weighted by atomic mass is 10.0. The second-order valence-corrected chi connectivity index (χ2v) is 3.45. The zero-order valence-corrected chi connectivity index (χ0v) is 8.49. The van der Waals surface area contributed by atoms with Gasteiger partial charge in [-0.1, -0.05) is 31.5 Å². The van der Waals surface area contributed by atoms with E-state index in [0.717, 1.165) is 18.4 Å². The number of hydrogen-bond acceptors (Lipinski definition) is 2. The fraction of sp³-hybridized carbons (Fsp3) is 0.417. The van der Waals surface area contributed by atoms with Gasteiger partial charge in [0.25, 0.3) is 0 Å². The van der Waals surface area contributed by atoms with Crippen LogP contribution in [0.2, 0.25) is 0 Å². The molecule has 0 fully saturated rings. The van der Waals surface area contributed by atoms with Crippen LogP contribution in [0.4, 0.5) is 0 Å². The van der Waals surface area contributed by atoms with E-state index < -0.39 is 0 Å². The first-order valence-corrected chi connectivity index (χ1v) is 5.02. The predicted molar refractivity (Wildman–Crippen MR) is 56.3 cm³/mol. The monoisotopic (exact) mass is 192 g/mol. The van der Waals surface area contributed by atoms with Crippen LogP contribution in [-0.2, 0) is 11.2 Å². The SMILES string of the molecule is CCCCC(=O)Cc1ccccc1O. The van der Waals surface area contributed by atoms with Crippen molar-refractivity contribution >= 4 is 5.78 Å². The Labute approximate surface area is 84.6 Å². The number of ketones is 1. The summed E-state index contributed by atoms with van der Waals surface area (Å²) < 4.78 is 0. The van der Waals surface area contributed by atoms with Crippen molar-refractivity contribution < 1.29 is 9.90 Å². The molecule has 0 saturated heterocycles. The van der Waals surface area contributed by atoms with E-state index in [0.29, 0.717) is 12.8 Å². The van der Waals surface area contributed by atoms with Gasteiger partial charge in [-0.2, -0.15) is 0 Å². The van der Waals surface area contributed by atoms with Gasteiger partial charge in [0.1, 0.15) is 11.5 Å². The van der Waals surface area contributed by atoms with Crippen LogP contribution in [0.15, 0.2) is 24.3 Å². The molecular weight excluding hydrogens is 176 g/mol. The Hall–Kier alpha value is -1.31. The first-order chi connectivity index (χ1) is 6.74. The van der Waals surface area contributed by atoms with Gasteiger partial charge in [-0.3, -0.25) is 4.79 Å². The minimum Gasteiger partial charge on any atom is -0.508 e. The number of para-hydroxylation sites is 1. The van der Waals surface area contributed by atoms with E-state index in [1.54, 1.807) is 18.2 Å². The van der Waals surface area contributed by atoms with Crippen molar-refractivity contribution in [1.82, 2.24) is 0 Å². The van der Waals surface area contributed by atoms with E-state index in [-0.39, 0.29) is 11.5 Å². The normalized spacial score (nSPS) is 10.1. The predicted octanol–water partition coefficient (Wildman–Crippen LogP) is 2.69. The number of carbonyl (C=O) groups is 1. The fourth-order valence-corrected chi connectivity index (χ4v) is 1.34. The molecule has 0 aliphatic heterocycles. The zero-order chi connectivity index (χ0) is 10.4. The Morgan fingerprint density at radius 3 is 2.71 bits per heavy atom. The summed E-state index contributed by atoms with van der Waals surface area (Å²) in [5.41, 5.74) is 0.730. The van der Waals surface area contributed by atoms with Gasteiger partial charge >= 0.3 is 0 Å². The molecule has 0 aliphatic rings. The Balaban J connectivity index is 2.52. The summed E-state index contributed by atoms with van der Waals surface area (Å²) in [6.45, 7) is 2.06. The number of phenolic OH excluding ortho intramolecular Hbond substituents is 1. The van der Waals surface area contributed by atoms with Gasteiger partial charge < -0.3 is 5.11 Å². The highest BCUT2D eigenvalue weighted by molar-refractivity contribution is 5.81. The second-order valence-electron chi connectivity index (χ2n) is 3.45. The standard InChI is InChI=1S/C12H16O2/c1-2-3-7-11(13)9-10-6-4-5-8-12(10)14/h4-6,8,14H,2-3,7,9H2,1H3. The van der Waals surface area contributed by atoms with E-state index >= 15 is 0 Å². The maximum absolute atomic E-state index is 11.4. The number of Topliss-reactive ketones (excluding diaryl/α,β-unsaturated/α-hetero) is 1. The Morgan fingerprint density at radius 1 is 1.36 bits per heavy atom. The topological polar surface area (TPSA) is 37.3 Å². The third-order valence-electron chi connectivity index (χ3n) is 2.19. The van der Waals surface area contributed by atoms with Crippen molar-refractivity contribution in [2.45, 2.75) is 32.6 Å². The van der Waals surface area contributed by atoms with Crippen molar-refractivity contribution in [3.05, 3.63) is 29.8 Å². The van der Waals surface area contributed by atoms with E-state index in [4.69, 9.17) is 0 Å². The Bertz CT molecular complexity index is 305. The fourth-order valence-electron chi connectivity index (χ4n) is 1.34. The molecule has 1 N–H and O–H groups in total. The van der Waals surface area contributed by atoms with Gasteiger partial charge in [0.15, 0.2) is 0 Å². The van der Waals surface area contributed by atoms with E-state index in [1.807, 2.05) is 6.07 Å². The minimum absolute atomic E-state index is 0.202. The molecule has 2 nitrogen and oxygen atoms in total. The molecule has 0 heterocycles. The molecule has 0 amide bonds. The van der Waals surface area contributed by atoms with Crippen LogP contribution in [-0.4, -0.2) is 10.9 Å². The van der Waals surface area contributed by atoms with Gasteiger partial charge in [0.2, 0.25) is 0 Å². The summed E-state index contributed by atoms with van der Waals surface area (Å²) in [5.74, 6) is 0.422. The van der Waals surface area contributed by atoms with Gasteiger partial charge in [0, 0.05) is 18.4 Å². The van der Waals surface area contributed by atoms with Crippen LogP contribution in [0.25, 0.3) is 0 Å². The molecule has 0 bridgehead atoms. The van der Waals surface area contributed by atoms with Crippen LogP contribution in [0.3, 0.4) is 0 Å². The molecule has 0 atom stereocenters. The van der Waals surface area contributed by atoms with Gasteiger partial charge in [-0.25, -0.2) is 0 Å². The number of aromatic hydroxyl groups is 1. The lowest BCUT2D eigenvalue weighted by Crippen LogP contribution is -2.02. The van der Waals surface area contributed by atoms with Gasteiger partial charge in [-0.15, -0.1) is 0 Å². The smallest absolute Gasteiger partial charge is 0.137 e. The van der Waals surface area contributed by atoms with Crippen molar-refractivity contribution in [2.24, 2.45) is 0 Å². The van der Waals surface area contributed by atoms with Crippen LogP contribution in [0.1, 0.15) is 31.7 Å². The summed E-state index contributed by atoms with van der Waals surface area (Å²) in [4.78, 5) is 11.4. The highest BCUT2D eigenvalue weighted by Gasteiger charge is 2.05. The molecule has 0 unspecified atom stereocenters. The summed E-state index contributed by atoms with van der Waals surface area (Å²) in [7, 11) is 0. The number of phenols is 1. The van der Waals surface area contributed by atoms with Crippen LogP contribution in [0, 0.1) is 0 Å². The molecule has 0 saturated carbocycles. The average molecular weight is 192 g/mol. The maximum atomic E-state index is 11.4. The third kappa shape index (κ3) is 3.21. The largest absolute Gasteiger partial charge is 0.508 e. The van der Waals surface area contributed by atoms with Gasteiger partial charge in [0.05, 0.1) is 0 Å². The number of benzene rings is 1. The molecule has 76 valence electrons. The van der Waals surface area contributed by atoms with Crippen LogP contribution < -0.4 is 0 Å². The highest BCUT2D eigenvalue weighted by Crippen LogP contribution is 2.17.